The molecule has 1 atom stereocenters. The van der Waals surface area contributed by atoms with E-state index < -0.39 is 17.9 Å². The van der Waals surface area contributed by atoms with Crippen molar-refractivity contribution in [1.82, 2.24) is 5.32 Å². The van der Waals surface area contributed by atoms with Gasteiger partial charge in [0.05, 0.1) is 13.0 Å². The van der Waals surface area contributed by atoms with Crippen LogP contribution in [0.2, 0.25) is 5.02 Å². The fourth-order valence-corrected chi connectivity index (χ4v) is 3.49. The maximum atomic E-state index is 13.3. The Balaban J connectivity index is 1.88. The number of halogens is 1. The van der Waals surface area contributed by atoms with E-state index in [-0.39, 0.29) is 12.3 Å². The largest absolute Gasteiger partial charge is 0.467 e. The zero-order chi connectivity index (χ0) is 20.6. The fraction of sp³-hybridized carbons (Fsp3) is 0.167. The zero-order valence-corrected chi connectivity index (χ0v) is 16.8. The van der Waals surface area contributed by atoms with Crippen LogP contribution in [0, 0.1) is 0 Å². The lowest BCUT2D eigenvalue weighted by Gasteiger charge is -2.22. The van der Waals surface area contributed by atoms with Crippen LogP contribution in [0.4, 0.5) is 0 Å². The van der Waals surface area contributed by atoms with Crippen molar-refractivity contribution < 1.29 is 14.3 Å². The molecular formula is C24H22ClNO3. The van der Waals surface area contributed by atoms with Crippen LogP contribution in [0.1, 0.15) is 22.6 Å². The van der Waals surface area contributed by atoms with Gasteiger partial charge in [0.25, 0.3) is 0 Å². The van der Waals surface area contributed by atoms with Gasteiger partial charge in [0.1, 0.15) is 6.04 Å². The van der Waals surface area contributed by atoms with E-state index in [0.717, 1.165) is 16.7 Å². The standard InChI is InChI=1S/C24H22ClNO3/c1-29-24(28)21(16-17-9-8-14-20(25)15-17)26-23(27)22(18-10-4-2-5-11-18)19-12-6-3-7-13-19/h2-15,21-22H,16H2,1H3,(H,26,27)/t21-/m0/s1. The molecule has 0 aliphatic rings. The van der Waals surface area contributed by atoms with Gasteiger partial charge in [0.2, 0.25) is 5.91 Å². The van der Waals surface area contributed by atoms with Crippen LogP contribution in [-0.2, 0) is 20.7 Å². The number of methoxy groups -OCH3 is 1. The number of nitrogens with one attached hydrogen (secondary N) is 1. The van der Waals surface area contributed by atoms with Crippen LogP contribution in [-0.4, -0.2) is 25.0 Å². The molecule has 148 valence electrons. The van der Waals surface area contributed by atoms with Crippen molar-refractivity contribution in [1.29, 1.82) is 0 Å². The van der Waals surface area contributed by atoms with Gasteiger partial charge in [-0.3, -0.25) is 4.79 Å². The SMILES string of the molecule is COC(=O)[C@H](Cc1cccc(Cl)c1)NC(=O)C(c1ccccc1)c1ccccc1. The summed E-state index contributed by atoms with van der Waals surface area (Å²) in [6, 6.07) is 25.4. The molecule has 0 saturated carbocycles. The summed E-state index contributed by atoms with van der Waals surface area (Å²) in [5, 5.41) is 3.45. The van der Waals surface area contributed by atoms with Gasteiger partial charge in [-0.1, -0.05) is 84.4 Å². The Morgan fingerprint density at radius 1 is 0.897 bits per heavy atom. The lowest BCUT2D eigenvalue weighted by Crippen LogP contribution is -2.45. The van der Waals surface area contributed by atoms with Crippen molar-refractivity contribution in [2.24, 2.45) is 0 Å². The summed E-state index contributed by atoms with van der Waals surface area (Å²) in [6.07, 6.45) is 0.287. The number of esters is 1. The Kier molecular flexibility index (Phi) is 7.04. The van der Waals surface area contributed by atoms with Crippen LogP contribution < -0.4 is 5.32 Å². The molecule has 0 bridgehead atoms. The third kappa shape index (κ3) is 5.46. The van der Waals surface area contributed by atoms with Crippen LogP contribution in [0.3, 0.4) is 0 Å². The normalized spacial score (nSPS) is 11.7. The van der Waals surface area contributed by atoms with Gasteiger partial charge in [-0.2, -0.15) is 0 Å². The van der Waals surface area contributed by atoms with Crippen LogP contribution in [0.25, 0.3) is 0 Å². The topological polar surface area (TPSA) is 55.4 Å². The van der Waals surface area contributed by atoms with Crippen molar-refractivity contribution in [2.45, 2.75) is 18.4 Å². The number of carbonyl (C=O) groups is 2. The highest BCUT2D eigenvalue weighted by atomic mass is 35.5. The van der Waals surface area contributed by atoms with Gasteiger partial charge in [-0.15, -0.1) is 0 Å². The average Bonchev–Trinajstić information content (AvgIpc) is 2.74. The molecule has 1 amide bonds. The quantitative estimate of drug-likeness (QED) is 0.591. The number of amides is 1. The number of carbonyl (C=O) groups excluding carboxylic acids is 2. The Morgan fingerprint density at radius 2 is 1.48 bits per heavy atom. The van der Waals surface area contributed by atoms with Crippen molar-refractivity contribution in [3.8, 4) is 0 Å². The van der Waals surface area contributed by atoms with Gasteiger partial charge >= 0.3 is 5.97 Å². The second-order valence-electron chi connectivity index (χ2n) is 6.67. The minimum absolute atomic E-state index is 0.264. The number of hydrogen-bond acceptors (Lipinski definition) is 3. The number of hydrogen-bond donors (Lipinski definition) is 1. The maximum Gasteiger partial charge on any atom is 0.328 e. The molecule has 0 radical (unpaired) electrons. The Morgan fingerprint density at radius 3 is 2.00 bits per heavy atom. The predicted octanol–water partition coefficient (Wildman–Crippen LogP) is 4.37. The zero-order valence-electron chi connectivity index (χ0n) is 16.0. The minimum Gasteiger partial charge on any atom is -0.467 e. The molecule has 1 N–H and O–H groups in total. The molecule has 0 aliphatic carbocycles. The van der Waals surface area contributed by atoms with E-state index >= 15 is 0 Å². The van der Waals surface area contributed by atoms with E-state index in [1.807, 2.05) is 72.8 Å². The Hall–Kier alpha value is -3.11. The first-order valence-corrected chi connectivity index (χ1v) is 9.69. The van der Waals surface area contributed by atoms with E-state index in [1.165, 1.54) is 7.11 Å². The molecule has 0 heterocycles. The first-order valence-electron chi connectivity index (χ1n) is 9.31. The lowest BCUT2D eigenvalue weighted by molar-refractivity contribution is -0.145. The van der Waals surface area contributed by atoms with E-state index in [9.17, 15) is 9.59 Å². The van der Waals surface area contributed by atoms with Crippen molar-refractivity contribution in [3.05, 3.63) is 107 Å². The highest BCUT2D eigenvalue weighted by molar-refractivity contribution is 6.30. The van der Waals surface area contributed by atoms with E-state index in [1.54, 1.807) is 12.1 Å². The van der Waals surface area contributed by atoms with Gasteiger partial charge in [0.15, 0.2) is 0 Å². The van der Waals surface area contributed by atoms with Crippen LogP contribution in [0.5, 0.6) is 0 Å². The van der Waals surface area contributed by atoms with Crippen molar-refractivity contribution in [3.63, 3.8) is 0 Å². The number of ether oxygens (including phenoxy) is 1. The van der Waals surface area contributed by atoms with E-state index in [0.29, 0.717) is 5.02 Å². The maximum absolute atomic E-state index is 13.3. The van der Waals surface area contributed by atoms with Crippen molar-refractivity contribution >= 4 is 23.5 Å². The number of benzene rings is 3. The molecule has 0 aromatic heterocycles. The van der Waals surface area contributed by atoms with E-state index in [2.05, 4.69) is 5.32 Å². The lowest BCUT2D eigenvalue weighted by atomic mass is 9.90. The summed E-state index contributed by atoms with van der Waals surface area (Å²) in [5.41, 5.74) is 2.54. The van der Waals surface area contributed by atoms with Crippen molar-refractivity contribution in [2.75, 3.05) is 7.11 Å². The molecule has 3 rings (SSSR count). The molecule has 0 aliphatic heterocycles. The third-order valence-corrected chi connectivity index (χ3v) is 4.89. The molecule has 0 unspecified atom stereocenters. The molecule has 5 heteroatoms. The average molecular weight is 408 g/mol. The van der Waals surface area contributed by atoms with Gasteiger partial charge in [-0.25, -0.2) is 4.79 Å². The molecular weight excluding hydrogens is 386 g/mol. The Labute approximate surface area is 175 Å². The van der Waals surface area contributed by atoms with Crippen LogP contribution in [0.15, 0.2) is 84.9 Å². The van der Waals surface area contributed by atoms with Gasteiger partial charge in [-0.05, 0) is 28.8 Å². The first kappa shape index (κ1) is 20.6. The monoisotopic (exact) mass is 407 g/mol. The summed E-state index contributed by atoms with van der Waals surface area (Å²) >= 11 is 6.05. The molecule has 0 saturated heterocycles. The summed E-state index contributed by atoms with van der Waals surface area (Å²) in [7, 11) is 1.31. The highest BCUT2D eigenvalue weighted by Crippen LogP contribution is 2.25. The molecule has 0 spiro atoms. The Bertz CT molecular complexity index is 921. The van der Waals surface area contributed by atoms with Gasteiger partial charge in [0, 0.05) is 11.4 Å². The third-order valence-electron chi connectivity index (χ3n) is 4.66. The van der Waals surface area contributed by atoms with E-state index in [4.69, 9.17) is 16.3 Å². The second kappa shape index (κ2) is 9.89. The van der Waals surface area contributed by atoms with Gasteiger partial charge < -0.3 is 10.1 Å². The number of rotatable bonds is 7. The molecule has 0 fully saturated rings. The molecule has 3 aromatic rings. The molecule has 3 aromatic carbocycles. The minimum atomic E-state index is -0.819. The first-order chi connectivity index (χ1) is 14.1. The van der Waals surface area contributed by atoms with Crippen LogP contribution >= 0.6 is 11.6 Å². The summed E-state index contributed by atoms with van der Waals surface area (Å²) < 4.78 is 4.92. The molecule has 4 nitrogen and oxygen atoms in total. The summed E-state index contributed by atoms with van der Waals surface area (Å²) in [6.45, 7) is 0. The highest BCUT2D eigenvalue weighted by Gasteiger charge is 2.28. The second-order valence-corrected chi connectivity index (χ2v) is 7.11. The predicted molar refractivity (Wildman–Crippen MR) is 114 cm³/mol. The fourth-order valence-electron chi connectivity index (χ4n) is 3.28. The smallest absolute Gasteiger partial charge is 0.328 e. The summed E-state index contributed by atoms with van der Waals surface area (Å²) in [4.78, 5) is 25.6. The molecule has 29 heavy (non-hydrogen) atoms. The summed E-state index contributed by atoms with van der Waals surface area (Å²) in [5.74, 6) is -1.30.